The van der Waals surface area contributed by atoms with Crippen LogP contribution in [0.15, 0.2) is 0 Å². The van der Waals surface area contributed by atoms with Crippen molar-refractivity contribution in [2.45, 2.75) is 64.8 Å². The fraction of sp³-hybridized carbons (Fsp3) is 0.923. The van der Waals surface area contributed by atoms with Crippen molar-refractivity contribution in [1.29, 1.82) is 0 Å². The molecule has 0 saturated heterocycles. The number of ketones is 1. The molecule has 1 saturated carbocycles. The van der Waals surface area contributed by atoms with E-state index in [1.807, 2.05) is 0 Å². The zero-order chi connectivity index (χ0) is 11.3. The number of hydrogen-bond acceptors (Lipinski definition) is 2. The molecule has 0 bridgehead atoms. The van der Waals surface area contributed by atoms with Gasteiger partial charge in [-0.1, -0.05) is 39.5 Å². The zero-order valence-corrected chi connectivity index (χ0v) is 10.2. The average molecular weight is 211 g/mol. The highest BCUT2D eigenvalue weighted by Gasteiger charge is 2.28. The molecule has 0 aliphatic heterocycles. The Hall–Kier alpha value is -0.370. The zero-order valence-electron chi connectivity index (χ0n) is 10.2. The van der Waals surface area contributed by atoms with Crippen LogP contribution >= 0.6 is 0 Å². The predicted molar refractivity (Wildman–Crippen MR) is 63.6 cm³/mol. The Morgan fingerprint density at radius 3 is 2.67 bits per heavy atom. The highest BCUT2D eigenvalue weighted by molar-refractivity contribution is 5.82. The number of hydrogen-bond donors (Lipinski definition) is 1. The van der Waals surface area contributed by atoms with Crippen LogP contribution in [0, 0.1) is 11.8 Å². The van der Waals surface area contributed by atoms with Crippen LogP contribution in [-0.2, 0) is 4.79 Å². The number of nitrogens with two attached hydrogens (primary N) is 1. The van der Waals surface area contributed by atoms with Gasteiger partial charge in [-0.15, -0.1) is 0 Å². The minimum atomic E-state index is 0.139. The maximum Gasteiger partial charge on any atom is 0.137 e. The van der Waals surface area contributed by atoms with Gasteiger partial charge in [0.05, 0.1) is 0 Å². The third-order valence-electron chi connectivity index (χ3n) is 3.56. The van der Waals surface area contributed by atoms with Crippen molar-refractivity contribution in [3.63, 3.8) is 0 Å². The Labute approximate surface area is 93.6 Å². The van der Waals surface area contributed by atoms with Crippen LogP contribution in [0.4, 0.5) is 0 Å². The molecule has 3 atom stereocenters. The lowest BCUT2D eigenvalue weighted by atomic mass is 9.79. The molecule has 1 rings (SSSR count). The van der Waals surface area contributed by atoms with E-state index in [9.17, 15) is 4.79 Å². The molecular weight excluding hydrogens is 186 g/mol. The van der Waals surface area contributed by atoms with E-state index in [2.05, 4.69) is 13.8 Å². The Kier molecular flexibility index (Phi) is 5.30. The van der Waals surface area contributed by atoms with E-state index < -0.39 is 0 Å². The van der Waals surface area contributed by atoms with Gasteiger partial charge in [0, 0.05) is 18.4 Å². The summed E-state index contributed by atoms with van der Waals surface area (Å²) >= 11 is 0. The van der Waals surface area contributed by atoms with Gasteiger partial charge in [0.2, 0.25) is 0 Å². The monoisotopic (exact) mass is 211 g/mol. The average Bonchev–Trinajstić information content (AvgIpc) is 2.18. The molecule has 0 heterocycles. The molecule has 1 fully saturated rings. The van der Waals surface area contributed by atoms with Gasteiger partial charge in [-0.05, 0) is 18.8 Å². The maximum atomic E-state index is 12.0. The molecule has 1 aliphatic rings. The third-order valence-corrected chi connectivity index (χ3v) is 3.56. The lowest BCUT2D eigenvalue weighted by Gasteiger charge is -2.28. The van der Waals surface area contributed by atoms with Crippen LogP contribution in [0.3, 0.4) is 0 Å². The molecule has 2 heteroatoms. The second kappa shape index (κ2) is 6.26. The summed E-state index contributed by atoms with van der Waals surface area (Å²) < 4.78 is 0. The first-order valence-electron chi connectivity index (χ1n) is 6.43. The maximum absolute atomic E-state index is 12.0. The molecular formula is C13H25NO. The molecule has 2 N–H and O–H groups in total. The number of carbonyl (C=O) groups is 1. The largest absolute Gasteiger partial charge is 0.327 e. The fourth-order valence-electron chi connectivity index (χ4n) is 2.65. The molecule has 88 valence electrons. The standard InChI is InChI=1S/C13H25NO/c1-3-6-10(2)9-13(15)11-7-4-5-8-12(11)14/h10-12H,3-9,14H2,1-2H3. The van der Waals surface area contributed by atoms with Crippen LogP contribution in [0.5, 0.6) is 0 Å². The van der Waals surface area contributed by atoms with Crippen molar-refractivity contribution in [1.82, 2.24) is 0 Å². The van der Waals surface area contributed by atoms with E-state index in [1.54, 1.807) is 0 Å². The van der Waals surface area contributed by atoms with Gasteiger partial charge in [0.25, 0.3) is 0 Å². The number of Topliss-reactive ketones (excluding diaryl/α,β-unsaturated/α-hetero) is 1. The van der Waals surface area contributed by atoms with Crippen LogP contribution in [0.1, 0.15) is 58.8 Å². The highest BCUT2D eigenvalue weighted by Crippen LogP contribution is 2.26. The minimum Gasteiger partial charge on any atom is -0.327 e. The van der Waals surface area contributed by atoms with Crippen molar-refractivity contribution in [2.75, 3.05) is 0 Å². The molecule has 2 nitrogen and oxygen atoms in total. The van der Waals surface area contributed by atoms with Crippen molar-refractivity contribution >= 4 is 5.78 Å². The SMILES string of the molecule is CCCC(C)CC(=O)C1CCCCC1N. The van der Waals surface area contributed by atoms with E-state index in [-0.39, 0.29) is 12.0 Å². The van der Waals surface area contributed by atoms with Gasteiger partial charge in [0.15, 0.2) is 0 Å². The molecule has 15 heavy (non-hydrogen) atoms. The summed E-state index contributed by atoms with van der Waals surface area (Å²) in [6, 6.07) is 0.139. The minimum absolute atomic E-state index is 0.139. The van der Waals surface area contributed by atoms with E-state index in [4.69, 9.17) is 5.73 Å². The second-order valence-electron chi connectivity index (χ2n) is 5.12. The number of carbonyl (C=O) groups excluding carboxylic acids is 1. The van der Waals surface area contributed by atoms with Crippen molar-refractivity contribution < 1.29 is 4.79 Å². The fourth-order valence-corrected chi connectivity index (χ4v) is 2.65. The third kappa shape index (κ3) is 3.94. The van der Waals surface area contributed by atoms with Gasteiger partial charge in [-0.25, -0.2) is 0 Å². The second-order valence-corrected chi connectivity index (χ2v) is 5.12. The first-order chi connectivity index (χ1) is 7.15. The quantitative estimate of drug-likeness (QED) is 0.760. The van der Waals surface area contributed by atoms with Crippen LogP contribution in [0.2, 0.25) is 0 Å². The van der Waals surface area contributed by atoms with Crippen LogP contribution in [0.25, 0.3) is 0 Å². The molecule has 0 spiro atoms. The predicted octanol–water partition coefficient (Wildman–Crippen LogP) is 2.90. The molecule has 0 amide bonds. The molecule has 0 radical (unpaired) electrons. The Morgan fingerprint density at radius 2 is 2.07 bits per heavy atom. The van der Waals surface area contributed by atoms with Gasteiger partial charge >= 0.3 is 0 Å². The molecule has 0 aromatic carbocycles. The lowest BCUT2D eigenvalue weighted by Crippen LogP contribution is -2.38. The van der Waals surface area contributed by atoms with Crippen LogP contribution < -0.4 is 5.73 Å². The summed E-state index contributed by atoms with van der Waals surface area (Å²) in [5.41, 5.74) is 6.01. The Balaban J connectivity index is 2.37. The normalized spacial score (nSPS) is 28.7. The van der Waals surface area contributed by atoms with Gasteiger partial charge < -0.3 is 5.73 Å². The van der Waals surface area contributed by atoms with Crippen molar-refractivity contribution in [3.05, 3.63) is 0 Å². The van der Waals surface area contributed by atoms with Crippen LogP contribution in [-0.4, -0.2) is 11.8 Å². The van der Waals surface area contributed by atoms with Gasteiger partial charge in [0.1, 0.15) is 5.78 Å². The summed E-state index contributed by atoms with van der Waals surface area (Å²) in [5, 5.41) is 0. The first-order valence-corrected chi connectivity index (χ1v) is 6.43. The molecule has 0 aromatic heterocycles. The van der Waals surface area contributed by atoms with Gasteiger partial charge in [-0.3, -0.25) is 4.79 Å². The van der Waals surface area contributed by atoms with E-state index >= 15 is 0 Å². The Morgan fingerprint density at radius 1 is 1.40 bits per heavy atom. The summed E-state index contributed by atoms with van der Waals surface area (Å²) in [6.07, 6.45) is 7.53. The number of rotatable bonds is 5. The van der Waals surface area contributed by atoms with E-state index in [0.717, 1.165) is 25.7 Å². The van der Waals surface area contributed by atoms with Gasteiger partial charge in [-0.2, -0.15) is 0 Å². The highest BCUT2D eigenvalue weighted by atomic mass is 16.1. The van der Waals surface area contributed by atoms with E-state index in [0.29, 0.717) is 11.7 Å². The van der Waals surface area contributed by atoms with Crippen molar-refractivity contribution in [3.8, 4) is 0 Å². The smallest absolute Gasteiger partial charge is 0.137 e. The summed E-state index contributed by atoms with van der Waals surface area (Å²) in [5.74, 6) is 1.12. The van der Waals surface area contributed by atoms with Crippen molar-refractivity contribution in [2.24, 2.45) is 17.6 Å². The molecule has 0 aromatic rings. The Bertz CT molecular complexity index is 203. The molecule has 1 aliphatic carbocycles. The summed E-state index contributed by atoms with van der Waals surface area (Å²) in [7, 11) is 0. The molecule has 3 unspecified atom stereocenters. The first kappa shape index (κ1) is 12.7. The topological polar surface area (TPSA) is 43.1 Å². The lowest BCUT2D eigenvalue weighted by molar-refractivity contribution is -0.125. The summed E-state index contributed by atoms with van der Waals surface area (Å²) in [6.45, 7) is 4.35. The summed E-state index contributed by atoms with van der Waals surface area (Å²) in [4.78, 5) is 12.0. The van der Waals surface area contributed by atoms with E-state index in [1.165, 1.54) is 19.3 Å².